The minimum absolute atomic E-state index is 0. The number of hydrogen-bond acceptors (Lipinski definition) is 12. The van der Waals surface area contributed by atoms with Crippen molar-refractivity contribution in [3.63, 3.8) is 0 Å². The molecule has 12 rings (SSSR count). The summed E-state index contributed by atoms with van der Waals surface area (Å²) in [4.78, 5) is 27.8. The fourth-order valence-electron chi connectivity index (χ4n) is 11.5. The van der Waals surface area contributed by atoms with Crippen LogP contribution in [0.4, 0.5) is 20.2 Å². The van der Waals surface area contributed by atoms with Gasteiger partial charge in [0.25, 0.3) is 5.91 Å². The van der Waals surface area contributed by atoms with Crippen molar-refractivity contribution in [2.45, 2.75) is 108 Å². The Kier molecular flexibility index (Phi) is 16.1. The summed E-state index contributed by atoms with van der Waals surface area (Å²) >= 11 is 25.9. The van der Waals surface area contributed by atoms with Crippen LogP contribution in [0.3, 0.4) is 0 Å². The van der Waals surface area contributed by atoms with Crippen LogP contribution < -0.4 is 15.1 Å². The number of ether oxygens (including phenoxy) is 2. The van der Waals surface area contributed by atoms with Gasteiger partial charge >= 0.3 is 5.97 Å². The highest BCUT2D eigenvalue weighted by atomic mass is 35.5. The van der Waals surface area contributed by atoms with E-state index in [1.165, 1.54) is 24.3 Å². The normalized spacial score (nSPS) is 22.3. The SMILES string of the molecule is C.CS(=O)(=O)CCNC(=O)c1ccc(N2C[C@@H]3C[C@H]2C[C@H]3OCc2c(-c3c(Cl)cccc3Cl)noc2C2CC2)cc1F.O=C(O)c1ccc(N2C[C@@H]3C[C@H]2C[C@H]3OCc2c(-c3c(Cl)cccc3Cl)noc2C2CC2)cc1F. The molecule has 1 amide bonds. The van der Waals surface area contributed by atoms with E-state index in [-0.39, 0.29) is 61.1 Å². The van der Waals surface area contributed by atoms with Gasteiger partial charge in [-0.2, -0.15) is 0 Å². The summed E-state index contributed by atoms with van der Waals surface area (Å²) in [6, 6.07) is 20.1. The number of aromatic carboxylic acids is 1. The molecule has 4 bridgehead atoms. The number of carboxylic acid groups (broad SMARTS) is 1. The van der Waals surface area contributed by atoms with E-state index in [9.17, 15) is 26.8 Å². The van der Waals surface area contributed by atoms with Crippen LogP contribution in [0.5, 0.6) is 0 Å². The van der Waals surface area contributed by atoms with E-state index in [1.54, 1.807) is 48.5 Å². The second kappa shape index (κ2) is 22.5. The maximum absolute atomic E-state index is 14.9. The van der Waals surface area contributed by atoms with Gasteiger partial charge in [0.2, 0.25) is 0 Å². The quantitative estimate of drug-likeness (QED) is 0.0882. The smallest absolute Gasteiger partial charge is 0.338 e. The van der Waals surface area contributed by atoms with Crippen molar-refractivity contribution < 1.29 is 50.4 Å². The molecule has 6 fully saturated rings. The molecule has 2 aliphatic heterocycles. The van der Waals surface area contributed by atoms with Crippen molar-refractivity contribution >= 4 is 79.5 Å². The highest BCUT2D eigenvalue weighted by Gasteiger charge is 2.47. The Balaban J connectivity index is 0.000000174. The highest BCUT2D eigenvalue weighted by Crippen LogP contribution is 2.50. The third-order valence-electron chi connectivity index (χ3n) is 15.6. The number of piperidine rings is 2. The Morgan fingerprint density at radius 3 is 1.48 bits per heavy atom. The molecule has 2 N–H and O–H groups in total. The third-order valence-corrected chi connectivity index (χ3v) is 17.8. The van der Waals surface area contributed by atoms with Crippen LogP contribution in [0.15, 0.2) is 81.8 Å². The predicted molar refractivity (Wildman–Crippen MR) is 291 cm³/mol. The van der Waals surface area contributed by atoms with Crippen LogP contribution in [-0.4, -0.2) is 91.6 Å². The van der Waals surface area contributed by atoms with Crippen molar-refractivity contribution in [3.05, 3.63) is 138 Å². The number of nitrogens with zero attached hydrogens (tertiary/aromatic N) is 4. The summed E-state index contributed by atoms with van der Waals surface area (Å²) < 4.78 is 76.1. The lowest BCUT2D eigenvalue weighted by molar-refractivity contribution is 0.0122. The molecule has 6 aliphatic rings. The Bertz CT molecular complexity index is 3290. The number of amides is 1. The Morgan fingerprint density at radius 1 is 0.688 bits per heavy atom. The summed E-state index contributed by atoms with van der Waals surface area (Å²) in [5.74, 6) is -0.470. The maximum atomic E-state index is 14.9. The van der Waals surface area contributed by atoms with Gasteiger partial charge in [-0.15, -0.1) is 0 Å². The Morgan fingerprint density at radius 2 is 1.12 bits per heavy atom. The summed E-state index contributed by atoms with van der Waals surface area (Å²) in [6.07, 6.45) is 8.94. The van der Waals surface area contributed by atoms with Crippen LogP contribution in [0.2, 0.25) is 20.1 Å². The van der Waals surface area contributed by atoms with Gasteiger partial charge in [0, 0.05) is 95.3 Å². The second-order valence-electron chi connectivity index (χ2n) is 20.8. The maximum Gasteiger partial charge on any atom is 0.338 e. The van der Waals surface area contributed by atoms with Crippen molar-refractivity contribution in [2.24, 2.45) is 11.8 Å². The molecule has 0 unspecified atom stereocenters. The molecule has 4 aliphatic carbocycles. The number of halogens is 6. The van der Waals surface area contributed by atoms with Crippen molar-refractivity contribution in [1.29, 1.82) is 0 Å². The number of carbonyl (C=O) groups is 2. The average Bonchev–Trinajstić information content (AvgIpc) is 4.13. The van der Waals surface area contributed by atoms with E-state index in [4.69, 9.17) is 70.0 Å². The minimum Gasteiger partial charge on any atom is -0.478 e. The zero-order valence-electron chi connectivity index (χ0n) is 41.1. The standard InChI is InChI=1S/C29H30Cl2FN3O5S.C26H23Cl2FN2O4.CH4/c1-41(37,38)10-9-33-29(36)20-8-7-18(12-24(20)32)35-14-17-11-19(35)13-25(17)39-15-21-27(34-40-28(21)16-5-6-16)26-22(30)3-2-4-23(26)31;27-19-2-1-3-20(28)23(19)24-18(25(35-30-24)13-4-5-13)12-34-22-10-16-8-14(22)11-31(16)15-6-7-17(26(32)33)21(29)9-15;/h2-4,7-8,12,16-17,19,25H,5-6,9-11,13-15H2,1H3,(H,33,36);1-3,6-7,9,13-14,16,22H,4-5,8,10-12H2,(H,32,33);1H4/t17-,19-,25+;14-,16-,22+;/m00./s1. The molecule has 408 valence electrons. The molecule has 4 saturated carbocycles. The van der Waals surface area contributed by atoms with Crippen LogP contribution in [0, 0.1) is 23.5 Å². The summed E-state index contributed by atoms with van der Waals surface area (Å²) in [5.41, 5.74) is 5.40. The van der Waals surface area contributed by atoms with Gasteiger partial charge in [-0.05, 0) is 112 Å². The van der Waals surface area contributed by atoms with Crippen molar-refractivity contribution in [1.82, 2.24) is 15.6 Å². The monoisotopic (exact) mass is 1150 g/mol. The first-order valence-corrected chi connectivity index (χ1v) is 29.0. The van der Waals surface area contributed by atoms with Gasteiger partial charge in [0.1, 0.15) is 44.4 Å². The largest absolute Gasteiger partial charge is 0.478 e. The van der Waals surface area contributed by atoms with E-state index >= 15 is 0 Å². The topological polar surface area (TPSA) is 178 Å². The molecule has 21 heteroatoms. The fourth-order valence-corrected chi connectivity index (χ4v) is 13.1. The molecule has 4 aromatic carbocycles. The number of carbonyl (C=O) groups excluding carboxylic acids is 1. The number of hydrogen-bond donors (Lipinski definition) is 2. The Labute approximate surface area is 465 Å². The first kappa shape index (κ1) is 55.1. The highest BCUT2D eigenvalue weighted by molar-refractivity contribution is 7.90. The van der Waals surface area contributed by atoms with E-state index in [0.29, 0.717) is 84.9 Å². The summed E-state index contributed by atoms with van der Waals surface area (Å²) in [5, 5.41) is 22.3. The van der Waals surface area contributed by atoms with E-state index in [0.717, 1.165) is 93.4 Å². The van der Waals surface area contributed by atoms with Crippen molar-refractivity contribution in [3.8, 4) is 22.5 Å². The molecular formula is C56H57Cl4F2N5O9S. The molecule has 14 nitrogen and oxygen atoms in total. The number of fused-ring (bicyclic) bond motifs is 4. The van der Waals surface area contributed by atoms with E-state index < -0.39 is 33.3 Å². The molecule has 6 aromatic rings. The number of anilines is 2. The van der Waals surface area contributed by atoms with Crippen LogP contribution >= 0.6 is 46.4 Å². The molecule has 2 saturated heterocycles. The molecular weight excluding hydrogens is 1100 g/mol. The van der Waals surface area contributed by atoms with E-state index in [2.05, 4.69) is 25.4 Å². The van der Waals surface area contributed by atoms with Gasteiger partial charge in [0.05, 0.1) is 62.4 Å². The van der Waals surface area contributed by atoms with Gasteiger partial charge in [0.15, 0.2) is 0 Å². The molecule has 6 atom stereocenters. The second-order valence-corrected chi connectivity index (χ2v) is 24.7. The third kappa shape index (κ3) is 11.6. The lowest BCUT2D eigenvalue weighted by Gasteiger charge is -2.33. The molecule has 2 aromatic heterocycles. The summed E-state index contributed by atoms with van der Waals surface area (Å²) in [7, 11) is -3.22. The van der Waals surface area contributed by atoms with Gasteiger partial charge < -0.3 is 38.7 Å². The number of rotatable bonds is 17. The number of nitrogens with one attached hydrogen (secondary N) is 1. The van der Waals surface area contributed by atoms with Gasteiger partial charge in [-0.3, -0.25) is 4.79 Å². The number of benzene rings is 4. The molecule has 4 heterocycles. The van der Waals surface area contributed by atoms with Crippen LogP contribution in [0.1, 0.15) is 114 Å². The molecule has 77 heavy (non-hydrogen) atoms. The zero-order valence-corrected chi connectivity index (χ0v) is 45.0. The number of aromatic nitrogens is 2. The van der Waals surface area contributed by atoms with Crippen LogP contribution in [-0.2, 0) is 32.5 Å². The molecule has 0 spiro atoms. The lowest BCUT2D eigenvalue weighted by Crippen LogP contribution is -2.38. The predicted octanol–water partition coefficient (Wildman–Crippen LogP) is 12.8. The van der Waals surface area contributed by atoms with Crippen LogP contribution in [0.25, 0.3) is 22.5 Å². The van der Waals surface area contributed by atoms with Gasteiger partial charge in [-0.25, -0.2) is 22.0 Å². The molecule has 0 radical (unpaired) electrons. The zero-order chi connectivity index (χ0) is 53.2. The first-order valence-electron chi connectivity index (χ1n) is 25.4. The number of carboxylic acids is 1. The fraction of sp³-hybridized carbons (Fsp3) is 0.429. The first-order chi connectivity index (χ1) is 36.5. The minimum atomic E-state index is -3.22. The Hall–Kier alpha value is -5.27. The van der Waals surface area contributed by atoms with Gasteiger partial charge in [-0.1, -0.05) is 76.3 Å². The van der Waals surface area contributed by atoms with Crippen molar-refractivity contribution in [2.75, 3.05) is 41.4 Å². The number of sulfone groups is 1. The lowest BCUT2D eigenvalue weighted by atomic mass is 10.0. The average molecular weight is 1160 g/mol. The summed E-state index contributed by atoms with van der Waals surface area (Å²) in [6.45, 7) is 2.10. The van der Waals surface area contributed by atoms with E-state index in [1.807, 2.05) is 0 Å².